The standard InChI is InChI=1S/C17H24N2O5S/c1-17(2,3)24-16(21)19-9-11-25(22,12-10-19)18-15(20)23-13-14-7-5-4-6-8-14/h4-8H,9-13H2,1-3H3. The maximum atomic E-state index is 12.6. The van der Waals surface area contributed by atoms with Crippen LogP contribution in [0.15, 0.2) is 34.7 Å². The second kappa shape index (κ2) is 7.86. The first-order valence-electron chi connectivity index (χ1n) is 8.08. The number of hydrogen-bond acceptors (Lipinski definition) is 5. The fourth-order valence-corrected chi connectivity index (χ4v) is 3.92. The van der Waals surface area contributed by atoms with Crippen molar-refractivity contribution in [1.82, 2.24) is 4.90 Å². The zero-order valence-electron chi connectivity index (χ0n) is 14.8. The maximum Gasteiger partial charge on any atom is 0.442 e. The summed E-state index contributed by atoms with van der Waals surface area (Å²) in [6.45, 7) is 5.93. The molecule has 0 N–H and O–H groups in total. The third-order valence-electron chi connectivity index (χ3n) is 3.46. The van der Waals surface area contributed by atoms with Crippen LogP contribution in [0.2, 0.25) is 0 Å². The van der Waals surface area contributed by atoms with Crippen LogP contribution in [-0.4, -0.2) is 51.5 Å². The summed E-state index contributed by atoms with van der Waals surface area (Å²) in [6.07, 6.45) is -1.28. The lowest BCUT2D eigenvalue weighted by atomic mass is 10.2. The van der Waals surface area contributed by atoms with Crippen LogP contribution in [0.1, 0.15) is 26.3 Å². The fraction of sp³-hybridized carbons (Fsp3) is 0.529. The van der Waals surface area contributed by atoms with Gasteiger partial charge in [0.1, 0.15) is 12.2 Å². The quantitative estimate of drug-likeness (QED) is 0.801. The Morgan fingerprint density at radius 3 is 2.32 bits per heavy atom. The molecule has 7 nitrogen and oxygen atoms in total. The van der Waals surface area contributed by atoms with Gasteiger partial charge in [-0.3, -0.25) is 0 Å². The highest BCUT2D eigenvalue weighted by Crippen LogP contribution is 2.14. The van der Waals surface area contributed by atoms with Gasteiger partial charge in [0.05, 0.1) is 21.2 Å². The third-order valence-corrected chi connectivity index (χ3v) is 5.58. The van der Waals surface area contributed by atoms with E-state index in [1.165, 1.54) is 4.90 Å². The lowest BCUT2D eigenvalue weighted by molar-refractivity contribution is 0.0268. The number of hydrogen-bond donors (Lipinski definition) is 0. The molecule has 0 atom stereocenters. The van der Waals surface area contributed by atoms with Crippen molar-refractivity contribution in [1.29, 1.82) is 0 Å². The van der Waals surface area contributed by atoms with Crippen molar-refractivity contribution >= 4 is 21.9 Å². The summed E-state index contributed by atoms with van der Waals surface area (Å²) in [5, 5.41) is 0. The van der Waals surface area contributed by atoms with E-state index < -0.39 is 27.5 Å². The average molecular weight is 368 g/mol. The number of rotatable bonds is 2. The van der Waals surface area contributed by atoms with Gasteiger partial charge in [0.15, 0.2) is 0 Å². The molecule has 1 aliphatic heterocycles. The van der Waals surface area contributed by atoms with Crippen molar-refractivity contribution < 1.29 is 23.3 Å². The van der Waals surface area contributed by atoms with Crippen LogP contribution in [0, 0.1) is 0 Å². The average Bonchev–Trinajstić information content (AvgIpc) is 2.52. The summed E-state index contributed by atoms with van der Waals surface area (Å²) in [7, 11) is -2.70. The van der Waals surface area contributed by atoms with Crippen molar-refractivity contribution in [2.45, 2.75) is 33.0 Å². The minimum absolute atomic E-state index is 0.0860. The van der Waals surface area contributed by atoms with Gasteiger partial charge in [0.2, 0.25) is 0 Å². The van der Waals surface area contributed by atoms with Crippen molar-refractivity contribution in [3.63, 3.8) is 0 Å². The molecule has 0 spiro atoms. The summed E-state index contributed by atoms with van der Waals surface area (Å²) in [4.78, 5) is 25.3. The highest BCUT2D eigenvalue weighted by molar-refractivity contribution is 7.94. The molecule has 0 radical (unpaired) electrons. The largest absolute Gasteiger partial charge is 0.444 e. The van der Waals surface area contributed by atoms with Crippen LogP contribution >= 0.6 is 0 Å². The molecule has 1 heterocycles. The van der Waals surface area contributed by atoms with Gasteiger partial charge in [-0.1, -0.05) is 30.3 Å². The smallest absolute Gasteiger partial charge is 0.442 e. The number of ether oxygens (including phenoxy) is 2. The summed E-state index contributed by atoms with van der Waals surface area (Å²) < 4.78 is 26.7. The molecule has 0 saturated carbocycles. The molecule has 1 saturated heterocycles. The topological polar surface area (TPSA) is 85.3 Å². The molecule has 0 bridgehead atoms. The SMILES string of the molecule is CC(C)(C)OC(=O)N1CCS(=O)(=NC(=O)OCc2ccccc2)CC1. The van der Waals surface area contributed by atoms with E-state index in [-0.39, 0.29) is 31.2 Å². The number of nitrogens with zero attached hydrogens (tertiary/aromatic N) is 2. The van der Waals surface area contributed by atoms with Gasteiger partial charge >= 0.3 is 12.2 Å². The Morgan fingerprint density at radius 1 is 1.16 bits per heavy atom. The summed E-state index contributed by atoms with van der Waals surface area (Å²) >= 11 is 0. The Bertz CT molecular complexity index is 719. The predicted octanol–water partition coefficient (Wildman–Crippen LogP) is 3.04. The molecule has 1 aromatic rings. The summed E-state index contributed by atoms with van der Waals surface area (Å²) in [6, 6.07) is 9.20. The maximum absolute atomic E-state index is 12.6. The lowest BCUT2D eigenvalue weighted by Crippen LogP contribution is -2.46. The molecular formula is C17H24N2O5S. The highest BCUT2D eigenvalue weighted by atomic mass is 32.2. The Hall–Kier alpha value is -2.09. The van der Waals surface area contributed by atoms with Gasteiger partial charge in [-0.15, -0.1) is 4.36 Å². The van der Waals surface area contributed by atoms with Crippen LogP contribution in [-0.2, 0) is 25.8 Å². The van der Waals surface area contributed by atoms with E-state index in [4.69, 9.17) is 9.47 Å². The number of amides is 2. The van der Waals surface area contributed by atoms with Crippen LogP contribution in [0.5, 0.6) is 0 Å². The molecule has 8 heteroatoms. The monoisotopic (exact) mass is 368 g/mol. The molecule has 1 aliphatic rings. The highest BCUT2D eigenvalue weighted by Gasteiger charge is 2.28. The van der Waals surface area contributed by atoms with Crippen molar-refractivity contribution in [3.05, 3.63) is 35.9 Å². The first kappa shape index (κ1) is 19.2. The molecular weight excluding hydrogens is 344 g/mol. The Kier molecular flexibility index (Phi) is 6.05. The molecule has 0 aromatic heterocycles. The van der Waals surface area contributed by atoms with Crippen molar-refractivity contribution in [2.75, 3.05) is 24.6 Å². The van der Waals surface area contributed by atoms with E-state index in [1.807, 2.05) is 30.3 Å². The Morgan fingerprint density at radius 2 is 1.76 bits per heavy atom. The molecule has 0 unspecified atom stereocenters. The molecule has 25 heavy (non-hydrogen) atoms. The van der Waals surface area contributed by atoms with Crippen LogP contribution < -0.4 is 0 Å². The Labute approximate surface area is 148 Å². The number of carbonyl (C=O) groups excluding carboxylic acids is 2. The molecule has 2 amide bonds. The number of benzene rings is 1. The van der Waals surface area contributed by atoms with Gasteiger partial charge in [0.25, 0.3) is 0 Å². The van der Waals surface area contributed by atoms with Gasteiger partial charge in [-0.05, 0) is 26.3 Å². The summed E-state index contributed by atoms with van der Waals surface area (Å²) in [5.41, 5.74) is 0.252. The second-order valence-corrected chi connectivity index (χ2v) is 9.32. The van der Waals surface area contributed by atoms with E-state index >= 15 is 0 Å². The predicted molar refractivity (Wildman–Crippen MR) is 94.7 cm³/mol. The van der Waals surface area contributed by atoms with Crippen molar-refractivity contribution in [3.8, 4) is 0 Å². The van der Waals surface area contributed by atoms with Crippen molar-refractivity contribution in [2.24, 2.45) is 4.36 Å². The van der Waals surface area contributed by atoms with Gasteiger partial charge in [-0.2, -0.15) is 0 Å². The normalized spacial score (nSPS) is 16.8. The lowest BCUT2D eigenvalue weighted by Gasteiger charge is -2.30. The van der Waals surface area contributed by atoms with Crippen LogP contribution in [0.4, 0.5) is 9.59 Å². The minimum atomic E-state index is -2.70. The van der Waals surface area contributed by atoms with E-state index in [0.717, 1.165) is 5.56 Å². The van der Waals surface area contributed by atoms with E-state index in [0.29, 0.717) is 0 Å². The van der Waals surface area contributed by atoms with Gasteiger partial charge < -0.3 is 14.4 Å². The molecule has 138 valence electrons. The number of carbonyl (C=O) groups is 2. The van der Waals surface area contributed by atoms with Crippen LogP contribution in [0.3, 0.4) is 0 Å². The molecule has 1 aromatic carbocycles. The third kappa shape index (κ3) is 6.38. The van der Waals surface area contributed by atoms with E-state index in [2.05, 4.69) is 4.36 Å². The van der Waals surface area contributed by atoms with E-state index in [9.17, 15) is 13.8 Å². The first-order chi connectivity index (χ1) is 11.7. The second-order valence-electron chi connectivity index (χ2n) is 6.78. The fourth-order valence-electron chi connectivity index (χ4n) is 2.20. The molecule has 2 rings (SSSR count). The first-order valence-corrected chi connectivity index (χ1v) is 9.93. The zero-order valence-corrected chi connectivity index (χ0v) is 15.6. The molecule has 1 fully saturated rings. The minimum Gasteiger partial charge on any atom is -0.444 e. The van der Waals surface area contributed by atoms with Crippen LogP contribution in [0.25, 0.3) is 0 Å². The van der Waals surface area contributed by atoms with Gasteiger partial charge in [0, 0.05) is 13.1 Å². The Balaban J connectivity index is 1.88. The van der Waals surface area contributed by atoms with Gasteiger partial charge in [-0.25, -0.2) is 13.8 Å². The molecule has 0 aliphatic carbocycles. The zero-order chi connectivity index (χ0) is 18.5. The van der Waals surface area contributed by atoms with E-state index in [1.54, 1.807) is 20.8 Å². The summed E-state index contributed by atoms with van der Waals surface area (Å²) in [5.74, 6) is 0.263.